The first-order valence-corrected chi connectivity index (χ1v) is 10.9. The zero-order valence-corrected chi connectivity index (χ0v) is 19.6. The minimum Gasteiger partial charge on any atom is -0.461 e. The van der Waals surface area contributed by atoms with Crippen LogP contribution in [0, 0.1) is 6.92 Å². The molecule has 0 aliphatic rings. The van der Waals surface area contributed by atoms with Crippen molar-refractivity contribution in [3.63, 3.8) is 0 Å². The van der Waals surface area contributed by atoms with Gasteiger partial charge in [0.25, 0.3) is 0 Å². The number of rotatable bonds is 7. The number of aliphatic imine (C=N–C) groups is 1. The summed E-state index contributed by atoms with van der Waals surface area (Å²) in [6.07, 6.45) is 0.949. The Morgan fingerprint density at radius 3 is 2.61 bits per heavy atom. The highest BCUT2D eigenvalue weighted by Gasteiger charge is 2.17. The van der Waals surface area contributed by atoms with Crippen molar-refractivity contribution in [1.82, 2.24) is 15.1 Å². The number of amides is 3. The van der Waals surface area contributed by atoms with E-state index in [0.29, 0.717) is 35.7 Å². The number of guanidine groups is 1. The van der Waals surface area contributed by atoms with E-state index in [9.17, 15) is 14.7 Å². The van der Waals surface area contributed by atoms with E-state index < -0.39 is 6.03 Å². The van der Waals surface area contributed by atoms with E-state index in [1.807, 2.05) is 31.2 Å². The lowest BCUT2D eigenvalue weighted by Gasteiger charge is -2.23. The molecule has 3 rings (SSSR count). The Bertz CT molecular complexity index is 1160. The molecule has 9 heteroatoms. The van der Waals surface area contributed by atoms with Crippen molar-refractivity contribution in [2.24, 2.45) is 4.99 Å². The van der Waals surface area contributed by atoms with Crippen LogP contribution in [0.1, 0.15) is 23.8 Å². The Morgan fingerprint density at radius 1 is 1.24 bits per heavy atom. The van der Waals surface area contributed by atoms with Gasteiger partial charge in [0.15, 0.2) is 0 Å². The van der Waals surface area contributed by atoms with Crippen LogP contribution < -0.4 is 5.32 Å². The third kappa shape index (κ3) is 5.91. The first-order valence-electron chi connectivity index (χ1n) is 10.6. The zero-order chi connectivity index (χ0) is 24.0. The summed E-state index contributed by atoms with van der Waals surface area (Å²) in [4.78, 5) is 31.3. The van der Waals surface area contributed by atoms with Crippen LogP contribution in [0.25, 0.3) is 11.0 Å². The number of furan rings is 1. The van der Waals surface area contributed by atoms with Crippen molar-refractivity contribution < 1.29 is 19.1 Å². The number of nitrogens with zero attached hydrogens (tertiary/aromatic N) is 3. The molecule has 174 valence electrons. The van der Waals surface area contributed by atoms with E-state index in [2.05, 4.69) is 10.3 Å². The number of carbonyl (C=O) groups excluding carboxylic acids is 2. The maximum absolute atomic E-state index is 12.6. The predicted octanol–water partition coefficient (Wildman–Crippen LogP) is 4.24. The highest BCUT2D eigenvalue weighted by atomic mass is 35.5. The lowest BCUT2D eigenvalue weighted by Crippen LogP contribution is -2.47. The van der Waals surface area contributed by atoms with Crippen LogP contribution >= 0.6 is 11.6 Å². The van der Waals surface area contributed by atoms with Gasteiger partial charge in [0.2, 0.25) is 12.4 Å². The number of hydrogen-bond acceptors (Lipinski definition) is 5. The normalized spacial score (nSPS) is 11.5. The molecule has 0 fully saturated rings. The Labute approximate surface area is 197 Å². The van der Waals surface area contributed by atoms with Gasteiger partial charge in [-0.25, -0.2) is 9.79 Å². The van der Waals surface area contributed by atoms with Gasteiger partial charge in [-0.15, -0.1) is 0 Å². The molecule has 3 aromatic rings. The molecule has 0 bridgehead atoms. The van der Waals surface area contributed by atoms with Gasteiger partial charge < -0.3 is 14.4 Å². The maximum Gasteiger partial charge on any atom is 0.330 e. The summed E-state index contributed by atoms with van der Waals surface area (Å²) in [7, 11) is 1.79. The summed E-state index contributed by atoms with van der Waals surface area (Å²) >= 11 is 5.98. The second-order valence-corrected chi connectivity index (χ2v) is 7.97. The fraction of sp³-hybridized carbons (Fsp3) is 0.292. The lowest BCUT2D eigenvalue weighted by atomic mass is 10.1. The van der Waals surface area contributed by atoms with Crippen molar-refractivity contribution in [2.75, 3.05) is 20.2 Å². The number of aryl methyl sites for hydroxylation is 1. The number of carbonyl (C=O) groups is 2. The second-order valence-electron chi connectivity index (χ2n) is 7.53. The van der Waals surface area contributed by atoms with Crippen LogP contribution in [-0.2, 0) is 17.8 Å². The summed E-state index contributed by atoms with van der Waals surface area (Å²) in [6, 6.07) is 12.3. The fourth-order valence-electron chi connectivity index (χ4n) is 3.45. The van der Waals surface area contributed by atoms with Crippen LogP contribution in [0.15, 0.2) is 51.9 Å². The summed E-state index contributed by atoms with van der Waals surface area (Å²) in [5.74, 6) is 1.02. The molecule has 1 heterocycles. The molecule has 1 aromatic heterocycles. The molecule has 0 atom stereocenters. The van der Waals surface area contributed by atoms with Crippen molar-refractivity contribution in [2.45, 2.75) is 26.8 Å². The van der Waals surface area contributed by atoms with E-state index in [4.69, 9.17) is 16.0 Å². The quantitative estimate of drug-likeness (QED) is 0.306. The number of hydrogen-bond donors (Lipinski definition) is 2. The molecule has 0 aliphatic carbocycles. The van der Waals surface area contributed by atoms with Gasteiger partial charge in [-0.05, 0) is 56.2 Å². The minimum atomic E-state index is -0.574. The molecule has 8 nitrogen and oxygen atoms in total. The molecular weight excluding hydrogens is 444 g/mol. The van der Waals surface area contributed by atoms with Gasteiger partial charge in [-0.2, -0.15) is 0 Å². The van der Waals surface area contributed by atoms with Gasteiger partial charge in [0.05, 0.1) is 5.69 Å². The molecule has 0 saturated carbocycles. The second kappa shape index (κ2) is 11.0. The highest BCUT2D eigenvalue weighted by molar-refractivity contribution is 6.30. The third-order valence-electron chi connectivity index (χ3n) is 5.22. The number of urea groups is 1. The van der Waals surface area contributed by atoms with E-state index in [-0.39, 0.29) is 19.1 Å². The van der Waals surface area contributed by atoms with Gasteiger partial charge in [-0.3, -0.25) is 15.0 Å². The third-order valence-corrected chi connectivity index (χ3v) is 5.47. The maximum atomic E-state index is 12.6. The van der Waals surface area contributed by atoms with Gasteiger partial charge in [0, 0.05) is 42.7 Å². The average Bonchev–Trinajstić information content (AvgIpc) is 3.10. The first kappa shape index (κ1) is 24.3. The Hall–Kier alpha value is -3.36. The van der Waals surface area contributed by atoms with Crippen LogP contribution in [0.2, 0.25) is 5.02 Å². The molecule has 0 saturated heterocycles. The van der Waals surface area contributed by atoms with Crippen LogP contribution in [0.5, 0.6) is 0 Å². The zero-order valence-electron chi connectivity index (χ0n) is 18.8. The Balaban J connectivity index is 1.97. The first-order chi connectivity index (χ1) is 15.9. The number of imide groups is 1. The SMILES string of the molecule is CCN(C=O)C(=O)NC(=Nc1ccc2oc(C)c(CCO)c2c1)N(C)Cc1ccc(Cl)cc1. The Kier molecular flexibility index (Phi) is 8.08. The fourth-order valence-corrected chi connectivity index (χ4v) is 3.58. The number of aliphatic hydroxyl groups excluding tert-OH is 1. The number of halogens is 1. The highest BCUT2D eigenvalue weighted by Crippen LogP contribution is 2.29. The van der Waals surface area contributed by atoms with Crippen molar-refractivity contribution in [3.05, 3.63) is 64.4 Å². The number of nitrogens with one attached hydrogen (secondary N) is 1. The molecule has 0 radical (unpaired) electrons. The summed E-state index contributed by atoms with van der Waals surface area (Å²) in [6.45, 7) is 4.26. The minimum absolute atomic E-state index is 0.00660. The van der Waals surface area contributed by atoms with E-state index in [1.54, 1.807) is 37.1 Å². The average molecular weight is 471 g/mol. The lowest BCUT2D eigenvalue weighted by molar-refractivity contribution is -0.115. The molecule has 2 aromatic carbocycles. The predicted molar refractivity (Wildman–Crippen MR) is 129 cm³/mol. The van der Waals surface area contributed by atoms with Crippen LogP contribution in [0.4, 0.5) is 10.5 Å². The standard InChI is InChI=1S/C24H27ClN4O4/c1-4-29(15-31)24(32)27-23(28(3)14-17-5-7-18(25)8-6-17)26-19-9-10-22-21(13-19)20(11-12-30)16(2)33-22/h5-10,13,15,30H,4,11-12,14H2,1-3H3,(H,26,27,32). The molecule has 0 unspecified atom stereocenters. The Morgan fingerprint density at radius 2 is 1.97 bits per heavy atom. The molecular formula is C24H27ClN4O4. The van der Waals surface area contributed by atoms with E-state index >= 15 is 0 Å². The smallest absolute Gasteiger partial charge is 0.330 e. The molecule has 0 aliphatic heterocycles. The monoisotopic (exact) mass is 470 g/mol. The topological polar surface area (TPSA) is 98.4 Å². The van der Waals surface area contributed by atoms with Gasteiger partial charge in [-0.1, -0.05) is 23.7 Å². The van der Waals surface area contributed by atoms with E-state index in [1.165, 1.54) is 0 Å². The molecule has 33 heavy (non-hydrogen) atoms. The van der Waals surface area contributed by atoms with Crippen molar-refractivity contribution >= 4 is 46.7 Å². The largest absolute Gasteiger partial charge is 0.461 e. The number of aliphatic hydroxyl groups is 1. The molecule has 2 N–H and O–H groups in total. The molecule has 0 spiro atoms. The summed E-state index contributed by atoms with van der Waals surface area (Å²) in [5, 5.41) is 13.6. The van der Waals surface area contributed by atoms with E-state index in [0.717, 1.165) is 27.2 Å². The molecule has 3 amide bonds. The van der Waals surface area contributed by atoms with Crippen molar-refractivity contribution in [3.8, 4) is 0 Å². The number of benzene rings is 2. The van der Waals surface area contributed by atoms with Crippen molar-refractivity contribution in [1.29, 1.82) is 0 Å². The number of fused-ring (bicyclic) bond motifs is 1. The van der Waals surface area contributed by atoms with Gasteiger partial charge >= 0.3 is 6.03 Å². The van der Waals surface area contributed by atoms with Crippen LogP contribution in [-0.4, -0.2) is 53.5 Å². The van der Waals surface area contributed by atoms with Gasteiger partial charge in [0.1, 0.15) is 11.3 Å². The summed E-state index contributed by atoms with van der Waals surface area (Å²) < 4.78 is 5.78. The summed E-state index contributed by atoms with van der Waals surface area (Å²) in [5.41, 5.74) is 3.18. The van der Waals surface area contributed by atoms with Crippen LogP contribution in [0.3, 0.4) is 0 Å².